The molecule has 19 heavy (non-hydrogen) atoms. The van der Waals surface area contributed by atoms with Gasteiger partial charge in [0.05, 0.1) is 12.2 Å². The predicted octanol–water partition coefficient (Wildman–Crippen LogP) is 2.33. The van der Waals surface area contributed by atoms with Crippen LogP contribution in [0.2, 0.25) is 0 Å². The lowest BCUT2D eigenvalue weighted by molar-refractivity contribution is -0.111. The van der Waals surface area contributed by atoms with Gasteiger partial charge in [-0.25, -0.2) is 9.78 Å². The van der Waals surface area contributed by atoms with Crippen molar-refractivity contribution in [2.45, 2.75) is 13.8 Å². The number of carbonyl (C=O) groups excluding carboxylic acids is 2. The summed E-state index contributed by atoms with van der Waals surface area (Å²) < 4.78 is 4.83. The quantitative estimate of drug-likeness (QED) is 0.501. The van der Waals surface area contributed by atoms with Gasteiger partial charge >= 0.3 is 5.97 Å². The number of anilines is 1. The second-order valence-corrected chi connectivity index (χ2v) is 3.53. The van der Waals surface area contributed by atoms with Crippen molar-refractivity contribution in [2.24, 2.45) is 0 Å². The van der Waals surface area contributed by atoms with Crippen molar-refractivity contribution in [3.05, 3.63) is 48.2 Å². The van der Waals surface area contributed by atoms with Crippen molar-refractivity contribution in [3.8, 4) is 0 Å². The van der Waals surface area contributed by atoms with Crippen molar-refractivity contribution in [1.29, 1.82) is 0 Å². The van der Waals surface area contributed by atoms with Gasteiger partial charge in [-0.3, -0.25) is 4.79 Å². The number of esters is 1. The first kappa shape index (κ1) is 14.6. The molecule has 0 unspecified atom stereocenters. The van der Waals surface area contributed by atoms with Gasteiger partial charge in [-0.05, 0) is 26.0 Å². The van der Waals surface area contributed by atoms with Crippen molar-refractivity contribution in [1.82, 2.24) is 4.98 Å². The Morgan fingerprint density at radius 2 is 2.16 bits per heavy atom. The molecule has 0 fully saturated rings. The molecule has 1 aromatic heterocycles. The highest BCUT2D eigenvalue weighted by molar-refractivity contribution is 5.99. The summed E-state index contributed by atoms with van der Waals surface area (Å²) >= 11 is 0. The maximum atomic E-state index is 11.4. The molecule has 0 radical (unpaired) electrons. The Kier molecular flexibility index (Phi) is 6.02. The van der Waals surface area contributed by atoms with Gasteiger partial charge in [0.25, 0.3) is 0 Å². The third-order valence-corrected chi connectivity index (χ3v) is 2.08. The Labute approximate surface area is 112 Å². The van der Waals surface area contributed by atoms with Gasteiger partial charge in [0.15, 0.2) is 0 Å². The molecule has 1 rings (SSSR count). The Balaban J connectivity index is 2.62. The van der Waals surface area contributed by atoms with Crippen LogP contribution in [0, 0.1) is 0 Å². The van der Waals surface area contributed by atoms with Gasteiger partial charge in [-0.2, -0.15) is 0 Å². The molecule has 0 saturated heterocycles. The number of rotatable bonds is 5. The minimum atomic E-state index is -0.430. The minimum Gasteiger partial charge on any atom is -0.462 e. The van der Waals surface area contributed by atoms with Gasteiger partial charge in [-0.15, -0.1) is 0 Å². The van der Waals surface area contributed by atoms with Crippen LogP contribution in [-0.2, 0) is 9.53 Å². The Hall–Kier alpha value is -2.43. The van der Waals surface area contributed by atoms with E-state index in [1.807, 2.05) is 13.0 Å². The molecule has 0 aromatic carbocycles. The number of nitrogens with one attached hydrogen (secondary N) is 1. The molecule has 1 N–H and O–H groups in total. The first-order valence-electron chi connectivity index (χ1n) is 5.91. The van der Waals surface area contributed by atoms with Crippen LogP contribution in [0.15, 0.2) is 42.6 Å². The number of carbonyl (C=O) groups is 2. The Morgan fingerprint density at radius 1 is 1.37 bits per heavy atom. The van der Waals surface area contributed by atoms with Gasteiger partial charge in [0.1, 0.15) is 5.82 Å². The second kappa shape index (κ2) is 7.81. The average Bonchev–Trinajstić information content (AvgIpc) is 2.40. The van der Waals surface area contributed by atoms with E-state index in [0.29, 0.717) is 18.0 Å². The minimum absolute atomic E-state index is 0.283. The van der Waals surface area contributed by atoms with E-state index in [1.165, 1.54) is 12.3 Å². The number of amides is 1. The van der Waals surface area contributed by atoms with E-state index >= 15 is 0 Å². The van der Waals surface area contributed by atoms with Crippen LogP contribution in [0.25, 0.3) is 0 Å². The Bertz CT molecular complexity index is 490. The highest BCUT2D eigenvalue weighted by atomic mass is 16.5. The first-order chi connectivity index (χ1) is 9.17. The summed E-state index contributed by atoms with van der Waals surface area (Å²) in [6, 6.07) is 3.10. The van der Waals surface area contributed by atoms with Crippen LogP contribution in [0.3, 0.4) is 0 Å². The molecule has 0 spiro atoms. The van der Waals surface area contributed by atoms with Crippen molar-refractivity contribution >= 4 is 17.7 Å². The number of hydrogen-bond donors (Lipinski definition) is 1. The number of ether oxygens (including phenoxy) is 1. The molecule has 0 aliphatic rings. The lowest BCUT2D eigenvalue weighted by Crippen LogP contribution is -2.10. The number of allylic oxidation sites excluding steroid dienone is 3. The van der Waals surface area contributed by atoms with Crippen LogP contribution in [-0.4, -0.2) is 23.5 Å². The monoisotopic (exact) mass is 260 g/mol. The molecule has 1 heterocycles. The zero-order chi connectivity index (χ0) is 14.1. The summed E-state index contributed by atoms with van der Waals surface area (Å²) in [6.07, 6.45) is 7.94. The third-order valence-electron chi connectivity index (χ3n) is 2.08. The van der Waals surface area contributed by atoms with Crippen LogP contribution in [0.5, 0.6) is 0 Å². The smallest absolute Gasteiger partial charge is 0.339 e. The topological polar surface area (TPSA) is 68.3 Å². The highest BCUT2D eigenvalue weighted by Crippen LogP contribution is 2.06. The van der Waals surface area contributed by atoms with Gasteiger partial charge in [-0.1, -0.05) is 18.2 Å². The van der Waals surface area contributed by atoms with Crippen LogP contribution >= 0.6 is 0 Å². The van der Waals surface area contributed by atoms with Crippen molar-refractivity contribution in [3.63, 3.8) is 0 Å². The number of hydrogen-bond acceptors (Lipinski definition) is 4. The lowest BCUT2D eigenvalue weighted by atomic mass is 10.3. The zero-order valence-electron chi connectivity index (χ0n) is 10.9. The first-order valence-corrected chi connectivity index (χ1v) is 5.91. The largest absolute Gasteiger partial charge is 0.462 e. The standard InChI is InChI=1S/C14H16N2O3/c1-3-5-6-7-13(17)16-12-9-8-11(10-15-12)14(18)19-4-2/h3,5-10H,4H2,1-2H3,(H,15,16,17). The summed E-state index contributed by atoms with van der Waals surface area (Å²) in [5, 5.41) is 2.58. The molecular weight excluding hydrogens is 244 g/mol. The summed E-state index contributed by atoms with van der Waals surface area (Å²) in [5.74, 6) is -0.335. The number of nitrogens with zero attached hydrogens (tertiary/aromatic N) is 1. The van der Waals surface area contributed by atoms with E-state index < -0.39 is 5.97 Å². The van der Waals surface area contributed by atoms with E-state index in [0.717, 1.165) is 0 Å². The van der Waals surface area contributed by atoms with Crippen LogP contribution < -0.4 is 5.32 Å². The molecule has 5 heteroatoms. The summed E-state index contributed by atoms with van der Waals surface area (Å²) in [7, 11) is 0. The lowest BCUT2D eigenvalue weighted by Gasteiger charge is -2.03. The van der Waals surface area contributed by atoms with E-state index in [1.54, 1.807) is 31.2 Å². The number of pyridine rings is 1. The number of aromatic nitrogens is 1. The molecule has 1 aromatic rings. The molecule has 0 saturated carbocycles. The van der Waals surface area contributed by atoms with Gasteiger partial charge in [0.2, 0.25) is 5.91 Å². The van der Waals surface area contributed by atoms with E-state index in [4.69, 9.17) is 4.74 Å². The van der Waals surface area contributed by atoms with Gasteiger partial charge in [0, 0.05) is 12.3 Å². The molecule has 1 amide bonds. The zero-order valence-corrected chi connectivity index (χ0v) is 10.9. The van der Waals surface area contributed by atoms with Crippen LogP contribution in [0.4, 0.5) is 5.82 Å². The fourth-order valence-electron chi connectivity index (χ4n) is 1.22. The molecule has 5 nitrogen and oxygen atoms in total. The van der Waals surface area contributed by atoms with Crippen LogP contribution in [0.1, 0.15) is 24.2 Å². The Morgan fingerprint density at radius 3 is 2.74 bits per heavy atom. The van der Waals surface area contributed by atoms with E-state index in [2.05, 4.69) is 10.3 Å². The maximum Gasteiger partial charge on any atom is 0.339 e. The average molecular weight is 260 g/mol. The SMILES string of the molecule is CC=CC=CC(=O)Nc1ccc(C(=O)OCC)cn1. The normalized spacial score (nSPS) is 10.8. The van der Waals surface area contributed by atoms with Crippen molar-refractivity contribution in [2.75, 3.05) is 11.9 Å². The molecule has 0 aliphatic heterocycles. The molecule has 0 aliphatic carbocycles. The molecule has 100 valence electrons. The predicted molar refractivity (Wildman–Crippen MR) is 72.8 cm³/mol. The van der Waals surface area contributed by atoms with E-state index in [-0.39, 0.29) is 5.91 Å². The summed E-state index contributed by atoms with van der Waals surface area (Å²) in [5.41, 5.74) is 0.351. The molecular formula is C14H16N2O3. The summed E-state index contributed by atoms with van der Waals surface area (Å²) in [4.78, 5) is 26.8. The van der Waals surface area contributed by atoms with Crippen molar-refractivity contribution < 1.29 is 14.3 Å². The second-order valence-electron chi connectivity index (χ2n) is 3.53. The van der Waals surface area contributed by atoms with E-state index in [9.17, 15) is 9.59 Å². The van der Waals surface area contributed by atoms with Gasteiger partial charge < -0.3 is 10.1 Å². The molecule has 0 atom stereocenters. The maximum absolute atomic E-state index is 11.4. The summed E-state index contributed by atoms with van der Waals surface area (Å²) in [6.45, 7) is 3.90. The fraction of sp³-hybridized carbons (Fsp3) is 0.214. The third kappa shape index (κ3) is 5.16. The highest BCUT2D eigenvalue weighted by Gasteiger charge is 2.07. The molecule has 0 bridgehead atoms. The fourth-order valence-corrected chi connectivity index (χ4v) is 1.22.